The molecule has 0 saturated carbocycles. The van der Waals surface area contributed by atoms with E-state index in [0.29, 0.717) is 0 Å². The highest BCUT2D eigenvalue weighted by Gasteiger charge is 2.00. The summed E-state index contributed by atoms with van der Waals surface area (Å²) in [5.41, 5.74) is 3.01. The van der Waals surface area contributed by atoms with Crippen molar-refractivity contribution in [2.24, 2.45) is 0 Å². The van der Waals surface area contributed by atoms with Gasteiger partial charge in [0, 0.05) is 29.8 Å². The van der Waals surface area contributed by atoms with Crippen molar-refractivity contribution in [1.29, 1.82) is 0 Å². The summed E-state index contributed by atoms with van der Waals surface area (Å²) in [5, 5.41) is 7.59. The summed E-state index contributed by atoms with van der Waals surface area (Å²) in [7, 11) is 1.66. The SMILES string of the molecule is COc1cccc(Nc2cccc(-n3cccn3)c2)c1. The van der Waals surface area contributed by atoms with Gasteiger partial charge in [-0.15, -0.1) is 0 Å². The summed E-state index contributed by atoms with van der Waals surface area (Å²) < 4.78 is 7.05. The van der Waals surface area contributed by atoms with Gasteiger partial charge in [-0.3, -0.25) is 0 Å². The molecule has 0 aliphatic carbocycles. The number of anilines is 2. The van der Waals surface area contributed by atoms with Gasteiger partial charge >= 0.3 is 0 Å². The molecule has 0 saturated heterocycles. The van der Waals surface area contributed by atoms with Gasteiger partial charge in [0.05, 0.1) is 12.8 Å². The van der Waals surface area contributed by atoms with Crippen LogP contribution in [0.1, 0.15) is 0 Å². The van der Waals surface area contributed by atoms with Gasteiger partial charge in [0.1, 0.15) is 5.75 Å². The number of ether oxygens (including phenoxy) is 1. The minimum absolute atomic E-state index is 0.832. The van der Waals surface area contributed by atoms with E-state index in [1.807, 2.05) is 65.5 Å². The Labute approximate surface area is 117 Å². The van der Waals surface area contributed by atoms with Crippen molar-refractivity contribution in [2.45, 2.75) is 0 Å². The second kappa shape index (κ2) is 5.48. The standard InChI is InChI=1S/C16H15N3O/c1-20-16-8-3-6-14(12-16)18-13-5-2-7-15(11-13)19-10-4-9-17-19/h2-12,18H,1H3. The van der Waals surface area contributed by atoms with Gasteiger partial charge in [0.2, 0.25) is 0 Å². The number of aromatic nitrogens is 2. The van der Waals surface area contributed by atoms with E-state index in [1.54, 1.807) is 13.3 Å². The van der Waals surface area contributed by atoms with Crippen LogP contribution in [0.4, 0.5) is 11.4 Å². The molecule has 100 valence electrons. The lowest BCUT2D eigenvalue weighted by Crippen LogP contribution is -1.96. The number of hydrogen-bond donors (Lipinski definition) is 1. The molecule has 0 bridgehead atoms. The fourth-order valence-corrected chi connectivity index (χ4v) is 2.02. The van der Waals surface area contributed by atoms with Crippen molar-refractivity contribution >= 4 is 11.4 Å². The van der Waals surface area contributed by atoms with Crippen molar-refractivity contribution in [3.05, 3.63) is 67.0 Å². The Bertz CT molecular complexity index is 692. The van der Waals surface area contributed by atoms with E-state index in [4.69, 9.17) is 4.74 Å². The zero-order chi connectivity index (χ0) is 13.8. The lowest BCUT2D eigenvalue weighted by Gasteiger charge is -2.09. The van der Waals surface area contributed by atoms with E-state index >= 15 is 0 Å². The number of benzene rings is 2. The first-order chi connectivity index (χ1) is 9.85. The minimum Gasteiger partial charge on any atom is -0.497 e. The molecule has 0 radical (unpaired) electrons. The summed E-state index contributed by atoms with van der Waals surface area (Å²) >= 11 is 0. The zero-order valence-corrected chi connectivity index (χ0v) is 11.2. The molecular formula is C16H15N3O. The molecule has 0 amide bonds. The molecule has 4 nitrogen and oxygen atoms in total. The monoisotopic (exact) mass is 265 g/mol. The Morgan fingerprint density at radius 1 is 1.00 bits per heavy atom. The number of methoxy groups -OCH3 is 1. The predicted octanol–water partition coefficient (Wildman–Crippen LogP) is 3.62. The van der Waals surface area contributed by atoms with E-state index < -0.39 is 0 Å². The molecule has 0 spiro atoms. The first-order valence-electron chi connectivity index (χ1n) is 6.36. The highest BCUT2D eigenvalue weighted by Crippen LogP contribution is 2.22. The summed E-state index contributed by atoms with van der Waals surface area (Å²) in [6.07, 6.45) is 3.69. The third kappa shape index (κ3) is 2.64. The fourth-order valence-electron chi connectivity index (χ4n) is 2.02. The molecule has 0 atom stereocenters. The number of nitrogens with zero attached hydrogens (tertiary/aromatic N) is 2. The van der Waals surface area contributed by atoms with Crippen LogP contribution in [0.5, 0.6) is 5.75 Å². The average molecular weight is 265 g/mol. The summed E-state index contributed by atoms with van der Waals surface area (Å²) in [5.74, 6) is 0.832. The van der Waals surface area contributed by atoms with Crippen LogP contribution in [0.15, 0.2) is 67.0 Å². The molecule has 3 rings (SSSR count). The van der Waals surface area contributed by atoms with Crippen LogP contribution in [0.3, 0.4) is 0 Å². The van der Waals surface area contributed by atoms with Crippen LogP contribution in [-0.4, -0.2) is 16.9 Å². The highest BCUT2D eigenvalue weighted by atomic mass is 16.5. The summed E-state index contributed by atoms with van der Waals surface area (Å²) in [4.78, 5) is 0. The highest BCUT2D eigenvalue weighted by molar-refractivity contribution is 5.63. The van der Waals surface area contributed by atoms with Gasteiger partial charge in [-0.2, -0.15) is 5.10 Å². The summed E-state index contributed by atoms with van der Waals surface area (Å²) in [6, 6.07) is 17.8. The molecule has 2 aromatic carbocycles. The lowest BCUT2D eigenvalue weighted by molar-refractivity contribution is 0.415. The van der Waals surface area contributed by atoms with Gasteiger partial charge in [-0.1, -0.05) is 12.1 Å². The van der Waals surface area contributed by atoms with Gasteiger partial charge in [0.15, 0.2) is 0 Å². The Balaban J connectivity index is 1.85. The summed E-state index contributed by atoms with van der Waals surface area (Å²) in [6.45, 7) is 0. The topological polar surface area (TPSA) is 39.1 Å². The molecule has 0 aliphatic rings. The van der Waals surface area contributed by atoms with E-state index in [1.165, 1.54) is 0 Å². The maximum Gasteiger partial charge on any atom is 0.120 e. The molecule has 1 aromatic heterocycles. The third-order valence-electron chi connectivity index (χ3n) is 2.97. The smallest absolute Gasteiger partial charge is 0.120 e. The largest absolute Gasteiger partial charge is 0.497 e. The van der Waals surface area contributed by atoms with E-state index in [-0.39, 0.29) is 0 Å². The first-order valence-corrected chi connectivity index (χ1v) is 6.36. The molecular weight excluding hydrogens is 250 g/mol. The molecule has 4 heteroatoms. The van der Waals surface area contributed by atoms with Crippen molar-refractivity contribution in [2.75, 3.05) is 12.4 Å². The maximum atomic E-state index is 5.22. The molecule has 1 heterocycles. The fraction of sp³-hybridized carbons (Fsp3) is 0.0625. The number of nitrogens with one attached hydrogen (secondary N) is 1. The molecule has 20 heavy (non-hydrogen) atoms. The predicted molar refractivity (Wildman–Crippen MR) is 79.8 cm³/mol. The molecule has 0 aliphatic heterocycles. The van der Waals surface area contributed by atoms with Crippen LogP contribution < -0.4 is 10.1 Å². The Morgan fingerprint density at radius 3 is 2.55 bits per heavy atom. The van der Waals surface area contributed by atoms with Gasteiger partial charge < -0.3 is 10.1 Å². The first kappa shape index (κ1) is 12.3. The molecule has 3 aromatic rings. The normalized spacial score (nSPS) is 10.2. The minimum atomic E-state index is 0.832. The van der Waals surface area contributed by atoms with Crippen molar-refractivity contribution in [3.63, 3.8) is 0 Å². The number of rotatable bonds is 4. The Kier molecular flexibility index (Phi) is 3.37. The van der Waals surface area contributed by atoms with E-state index in [2.05, 4.69) is 10.4 Å². The van der Waals surface area contributed by atoms with Crippen molar-refractivity contribution in [3.8, 4) is 11.4 Å². The van der Waals surface area contributed by atoms with E-state index in [0.717, 1.165) is 22.8 Å². The Hall–Kier alpha value is -2.75. The van der Waals surface area contributed by atoms with Crippen LogP contribution >= 0.6 is 0 Å². The van der Waals surface area contributed by atoms with Gasteiger partial charge in [0.25, 0.3) is 0 Å². The van der Waals surface area contributed by atoms with Gasteiger partial charge in [-0.05, 0) is 36.4 Å². The van der Waals surface area contributed by atoms with Gasteiger partial charge in [-0.25, -0.2) is 4.68 Å². The molecule has 0 unspecified atom stereocenters. The van der Waals surface area contributed by atoms with Crippen LogP contribution in [-0.2, 0) is 0 Å². The third-order valence-corrected chi connectivity index (χ3v) is 2.97. The van der Waals surface area contributed by atoms with E-state index in [9.17, 15) is 0 Å². The Morgan fingerprint density at radius 2 is 1.80 bits per heavy atom. The maximum absolute atomic E-state index is 5.22. The van der Waals surface area contributed by atoms with Crippen LogP contribution in [0, 0.1) is 0 Å². The molecule has 0 fully saturated rings. The van der Waals surface area contributed by atoms with Crippen LogP contribution in [0.2, 0.25) is 0 Å². The quantitative estimate of drug-likeness (QED) is 0.783. The zero-order valence-electron chi connectivity index (χ0n) is 11.2. The second-order valence-corrected chi connectivity index (χ2v) is 4.36. The second-order valence-electron chi connectivity index (χ2n) is 4.36. The number of hydrogen-bond acceptors (Lipinski definition) is 3. The average Bonchev–Trinajstić information content (AvgIpc) is 3.02. The molecule has 1 N–H and O–H groups in total. The van der Waals surface area contributed by atoms with Crippen LogP contribution in [0.25, 0.3) is 5.69 Å². The van der Waals surface area contributed by atoms with Crippen molar-refractivity contribution < 1.29 is 4.74 Å². The van der Waals surface area contributed by atoms with Crippen molar-refractivity contribution in [1.82, 2.24) is 9.78 Å². The lowest BCUT2D eigenvalue weighted by atomic mass is 10.2.